The molecule has 0 aliphatic rings. The van der Waals surface area contributed by atoms with E-state index in [1.807, 2.05) is 44.2 Å². The minimum atomic E-state index is -0.236. The zero-order chi connectivity index (χ0) is 18.7. The zero-order valence-corrected chi connectivity index (χ0v) is 15.9. The number of ether oxygens (including phenoxy) is 2. The molecule has 0 fully saturated rings. The molecule has 1 amide bonds. The third-order valence-corrected chi connectivity index (χ3v) is 4.87. The number of nitrogens with zero attached hydrogens (tertiary/aromatic N) is 1. The third kappa shape index (κ3) is 3.70. The van der Waals surface area contributed by atoms with Crippen LogP contribution in [0.5, 0.6) is 11.5 Å². The number of nitrogens with one attached hydrogen (secondary N) is 1. The molecule has 6 heteroatoms. The SMILES string of the molecule is COc1ccc(-c2nc(NC(=O)c3cc(C)ccc3OC)sc2C)cc1. The van der Waals surface area contributed by atoms with Crippen molar-refractivity contribution in [3.63, 3.8) is 0 Å². The van der Waals surface area contributed by atoms with E-state index in [1.165, 1.54) is 11.3 Å². The minimum absolute atomic E-state index is 0.236. The fourth-order valence-corrected chi connectivity index (χ4v) is 3.46. The predicted molar refractivity (Wildman–Crippen MR) is 105 cm³/mol. The predicted octanol–water partition coefficient (Wildman–Crippen LogP) is 4.70. The van der Waals surface area contributed by atoms with Gasteiger partial charge in [-0.05, 0) is 50.2 Å². The largest absolute Gasteiger partial charge is 0.497 e. The van der Waals surface area contributed by atoms with Gasteiger partial charge in [-0.15, -0.1) is 11.3 Å². The number of amides is 1. The van der Waals surface area contributed by atoms with Gasteiger partial charge in [-0.1, -0.05) is 11.6 Å². The molecular weight excluding hydrogens is 348 g/mol. The molecule has 26 heavy (non-hydrogen) atoms. The van der Waals surface area contributed by atoms with Gasteiger partial charge in [0.1, 0.15) is 11.5 Å². The van der Waals surface area contributed by atoms with Crippen LogP contribution in [-0.2, 0) is 0 Å². The van der Waals surface area contributed by atoms with Crippen molar-refractivity contribution in [1.82, 2.24) is 4.98 Å². The van der Waals surface area contributed by atoms with E-state index in [0.717, 1.165) is 27.4 Å². The van der Waals surface area contributed by atoms with Gasteiger partial charge in [0, 0.05) is 10.4 Å². The zero-order valence-electron chi connectivity index (χ0n) is 15.1. The van der Waals surface area contributed by atoms with Crippen molar-refractivity contribution in [3.05, 3.63) is 58.5 Å². The van der Waals surface area contributed by atoms with Crippen molar-refractivity contribution in [2.24, 2.45) is 0 Å². The number of thiazole rings is 1. The quantitative estimate of drug-likeness (QED) is 0.709. The van der Waals surface area contributed by atoms with Crippen molar-refractivity contribution in [2.45, 2.75) is 13.8 Å². The highest BCUT2D eigenvalue weighted by atomic mass is 32.1. The first kappa shape index (κ1) is 17.9. The summed E-state index contributed by atoms with van der Waals surface area (Å²) in [7, 11) is 3.19. The second-order valence-corrected chi connectivity index (χ2v) is 7.01. The van der Waals surface area contributed by atoms with Gasteiger partial charge >= 0.3 is 0 Å². The summed E-state index contributed by atoms with van der Waals surface area (Å²) in [4.78, 5) is 18.3. The van der Waals surface area contributed by atoms with Crippen LogP contribution in [0.3, 0.4) is 0 Å². The lowest BCUT2D eigenvalue weighted by Crippen LogP contribution is -2.13. The summed E-state index contributed by atoms with van der Waals surface area (Å²) in [6, 6.07) is 13.2. The Kier molecular flexibility index (Phi) is 5.23. The van der Waals surface area contributed by atoms with E-state index < -0.39 is 0 Å². The van der Waals surface area contributed by atoms with E-state index in [0.29, 0.717) is 16.4 Å². The van der Waals surface area contributed by atoms with Crippen LogP contribution in [0.15, 0.2) is 42.5 Å². The van der Waals surface area contributed by atoms with Crippen molar-refractivity contribution >= 4 is 22.4 Å². The lowest BCUT2D eigenvalue weighted by molar-refractivity contribution is 0.102. The molecule has 134 valence electrons. The molecule has 5 nitrogen and oxygen atoms in total. The highest BCUT2D eigenvalue weighted by molar-refractivity contribution is 7.16. The Labute approximate surface area is 156 Å². The Bertz CT molecular complexity index is 933. The van der Waals surface area contributed by atoms with E-state index >= 15 is 0 Å². The van der Waals surface area contributed by atoms with Gasteiger partial charge < -0.3 is 9.47 Å². The summed E-state index contributed by atoms with van der Waals surface area (Å²) in [6.07, 6.45) is 0. The number of hydrogen-bond donors (Lipinski definition) is 1. The van der Waals surface area contributed by atoms with Crippen molar-refractivity contribution < 1.29 is 14.3 Å². The number of benzene rings is 2. The van der Waals surface area contributed by atoms with Crippen LogP contribution in [0.4, 0.5) is 5.13 Å². The molecule has 0 saturated carbocycles. The van der Waals surface area contributed by atoms with E-state index in [4.69, 9.17) is 9.47 Å². The summed E-state index contributed by atoms with van der Waals surface area (Å²) in [5.41, 5.74) is 3.31. The monoisotopic (exact) mass is 368 g/mol. The fraction of sp³-hybridized carbons (Fsp3) is 0.200. The standard InChI is InChI=1S/C20H20N2O3S/c1-12-5-10-17(25-4)16(11-12)19(23)22-20-21-18(13(2)26-20)14-6-8-15(24-3)9-7-14/h5-11H,1-4H3,(H,21,22,23). The number of carbonyl (C=O) groups excluding carboxylic acids is 1. The lowest BCUT2D eigenvalue weighted by Gasteiger charge is -2.08. The molecule has 3 rings (SSSR count). The average Bonchev–Trinajstić information content (AvgIpc) is 3.01. The first-order valence-corrected chi connectivity index (χ1v) is 8.91. The van der Waals surface area contributed by atoms with Crippen LogP contribution in [0, 0.1) is 13.8 Å². The van der Waals surface area contributed by atoms with Gasteiger partial charge in [0.2, 0.25) is 0 Å². The highest BCUT2D eigenvalue weighted by Crippen LogP contribution is 2.32. The fourth-order valence-electron chi connectivity index (χ4n) is 2.63. The number of hydrogen-bond acceptors (Lipinski definition) is 5. The summed E-state index contributed by atoms with van der Waals surface area (Å²) >= 11 is 1.44. The highest BCUT2D eigenvalue weighted by Gasteiger charge is 2.16. The number of aromatic nitrogens is 1. The van der Waals surface area contributed by atoms with Gasteiger partial charge in [-0.3, -0.25) is 10.1 Å². The van der Waals surface area contributed by atoms with E-state index in [1.54, 1.807) is 26.4 Å². The summed E-state index contributed by atoms with van der Waals surface area (Å²) in [5.74, 6) is 1.10. The van der Waals surface area contributed by atoms with Gasteiger partial charge in [-0.2, -0.15) is 0 Å². The Hall–Kier alpha value is -2.86. The molecule has 0 atom stereocenters. The van der Waals surface area contributed by atoms with Crippen LogP contribution in [-0.4, -0.2) is 25.1 Å². The summed E-state index contributed by atoms with van der Waals surface area (Å²) in [5, 5.41) is 3.43. The molecule has 0 saturated heterocycles. The maximum atomic E-state index is 12.6. The molecule has 0 radical (unpaired) electrons. The first-order chi connectivity index (χ1) is 12.5. The third-order valence-electron chi connectivity index (χ3n) is 3.98. The molecule has 3 aromatic rings. The van der Waals surface area contributed by atoms with Crippen LogP contribution < -0.4 is 14.8 Å². The Morgan fingerprint density at radius 3 is 2.42 bits per heavy atom. The van der Waals surface area contributed by atoms with E-state index in [-0.39, 0.29) is 5.91 Å². The number of carbonyl (C=O) groups is 1. The van der Waals surface area contributed by atoms with Crippen LogP contribution in [0.2, 0.25) is 0 Å². The van der Waals surface area contributed by atoms with Crippen LogP contribution in [0.1, 0.15) is 20.8 Å². The van der Waals surface area contributed by atoms with E-state index in [2.05, 4.69) is 10.3 Å². The number of aryl methyl sites for hydroxylation is 2. The van der Waals surface area contributed by atoms with Crippen molar-refractivity contribution in [2.75, 3.05) is 19.5 Å². The summed E-state index contributed by atoms with van der Waals surface area (Å²) < 4.78 is 10.5. The molecule has 0 unspecified atom stereocenters. The maximum Gasteiger partial charge on any atom is 0.261 e. The van der Waals surface area contributed by atoms with Gasteiger partial charge in [0.05, 0.1) is 25.5 Å². The van der Waals surface area contributed by atoms with Crippen LogP contribution in [0.25, 0.3) is 11.3 Å². The van der Waals surface area contributed by atoms with Crippen molar-refractivity contribution in [3.8, 4) is 22.8 Å². The molecule has 1 N–H and O–H groups in total. The minimum Gasteiger partial charge on any atom is -0.497 e. The Morgan fingerprint density at radius 1 is 1.04 bits per heavy atom. The smallest absolute Gasteiger partial charge is 0.261 e. The summed E-state index contributed by atoms with van der Waals surface area (Å²) in [6.45, 7) is 3.92. The molecule has 0 aliphatic carbocycles. The Balaban J connectivity index is 1.85. The van der Waals surface area contributed by atoms with Gasteiger partial charge in [0.25, 0.3) is 5.91 Å². The molecule has 0 spiro atoms. The topological polar surface area (TPSA) is 60.5 Å². The number of anilines is 1. The second-order valence-electron chi connectivity index (χ2n) is 5.81. The van der Waals surface area contributed by atoms with Crippen LogP contribution >= 0.6 is 11.3 Å². The Morgan fingerprint density at radius 2 is 1.77 bits per heavy atom. The van der Waals surface area contributed by atoms with E-state index in [9.17, 15) is 4.79 Å². The molecule has 0 aliphatic heterocycles. The lowest BCUT2D eigenvalue weighted by atomic mass is 10.1. The molecule has 0 bridgehead atoms. The molecule has 2 aromatic carbocycles. The maximum absolute atomic E-state index is 12.6. The van der Waals surface area contributed by atoms with Crippen molar-refractivity contribution in [1.29, 1.82) is 0 Å². The number of rotatable bonds is 5. The molecule has 1 aromatic heterocycles. The molecule has 1 heterocycles. The molecular formula is C20H20N2O3S. The number of methoxy groups -OCH3 is 2. The normalized spacial score (nSPS) is 10.5. The average molecular weight is 368 g/mol. The second kappa shape index (κ2) is 7.58. The first-order valence-electron chi connectivity index (χ1n) is 8.09. The van der Waals surface area contributed by atoms with Gasteiger partial charge in [0.15, 0.2) is 5.13 Å². The van der Waals surface area contributed by atoms with Gasteiger partial charge in [-0.25, -0.2) is 4.98 Å².